The van der Waals surface area contributed by atoms with E-state index < -0.39 is 0 Å². The van der Waals surface area contributed by atoms with Crippen LogP contribution in [-0.2, 0) is 18.5 Å². The van der Waals surface area contributed by atoms with Crippen LogP contribution in [0.3, 0.4) is 0 Å². The number of nitrogens with zero attached hydrogens (tertiary/aromatic N) is 4. The standard InChI is InChI=1S/C26H28ClN5O/c1-18-23(24(27)32(30-18)17-19-8-6-5-7-9-19)25(33)29-22-14-15-28-31(22)16-20-10-12-21(13-11-20)26(2,3)4/h5-15H,16-17H2,1-4H3,(H,29,33). The Bertz CT molecular complexity index is 1250. The average Bonchev–Trinajstić information content (AvgIpc) is 3.31. The second kappa shape index (κ2) is 9.24. The molecule has 0 unspecified atom stereocenters. The van der Waals surface area contributed by atoms with E-state index in [1.165, 1.54) is 5.56 Å². The Morgan fingerprint density at radius 3 is 2.24 bits per heavy atom. The lowest BCUT2D eigenvalue weighted by atomic mass is 9.87. The Morgan fingerprint density at radius 1 is 0.939 bits per heavy atom. The van der Waals surface area contributed by atoms with Crippen molar-refractivity contribution in [3.63, 3.8) is 0 Å². The van der Waals surface area contributed by atoms with E-state index in [0.717, 1.165) is 11.1 Å². The highest BCUT2D eigenvalue weighted by atomic mass is 35.5. The molecule has 170 valence electrons. The fourth-order valence-corrected chi connectivity index (χ4v) is 4.02. The molecule has 0 bridgehead atoms. The van der Waals surface area contributed by atoms with Gasteiger partial charge < -0.3 is 5.32 Å². The maximum absolute atomic E-state index is 13.1. The molecule has 0 aliphatic carbocycles. The minimum Gasteiger partial charge on any atom is -0.307 e. The molecule has 0 spiro atoms. The van der Waals surface area contributed by atoms with Gasteiger partial charge in [0.15, 0.2) is 0 Å². The summed E-state index contributed by atoms with van der Waals surface area (Å²) >= 11 is 6.55. The molecule has 0 saturated carbocycles. The summed E-state index contributed by atoms with van der Waals surface area (Å²) in [6.07, 6.45) is 1.67. The van der Waals surface area contributed by atoms with Crippen LogP contribution >= 0.6 is 11.6 Å². The molecule has 0 fully saturated rings. The largest absolute Gasteiger partial charge is 0.307 e. The summed E-state index contributed by atoms with van der Waals surface area (Å²) in [4.78, 5) is 13.1. The summed E-state index contributed by atoms with van der Waals surface area (Å²) in [5.74, 6) is 0.299. The van der Waals surface area contributed by atoms with Gasteiger partial charge in [-0.05, 0) is 29.0 Å². The Hall–Kier alpha value is -3.38. The Labute approximate surface area is 199 Å². The van der Waals surface area contributed by atoms with Crippen LogP contribution in [0.5, 0.6) is 0 Å². The molecule has 1 amide bonds. The van der Waals surface area contributed by atoms with Crippen LogP contribution < -0.4 is 5.32 Å². The lowest BCUT2D eigenvalue weighted by Gasteiger charge is -2.19. The minimum absolute atomic E-state index is 0.103. The van der Waals surface area contributed by atoms with Gasteiger partial charge in [0.1, 0.15) is 11.0 Å². The van der Waals surface area contributed by atoms with Crippen molar-refractivity contribution >= 4 is 23.3 Å². The van der Waals surface area contributed by atoms with Gasteiger partial charge in [-0.25, -0.2) is 9.36 Å². The lowest BCUT2D eigenvalue weighted by Crippen LogP contribution is -2.17. The molecule has 1 N–H and O–H groups in total. The van der Waals surface area contributed by atoms with Crippen molar-refractivity contribution < 1.29 is 4.79 Å². The first-order valence-electron chi connectivity index (χ1n) is 10.9. The second-order valence-electron chi connectivity index (χ2n) is 9.17. The maximum Gasteiger partial charge on any atom is 0.261 e. The average molecular weight is 462 g/mol. The van der Waals surface area contributed by atoms with Crippen LogP contribution in [0.15, 0.2) is 66.9 Å². The van der Waals surface area contributed by atoms with Crippen molar-refractivity contribution in [3.05, 3.63) is 100.0 Å². The molecule has 0 radical (unpaired) electrons. The third-order valence-electron chi connectivity index (χ3n) is 5.58. The number of hydrogen-bond donors (Lipinski definition) is 1. The van der Waals surface area contributed by atoms with Gasteiger partial charge in [0, 0.05) is 6.07 Å². The zero-order valence-corrected chi connectivity index (χ0v) is 20.1. The number of carbonyl (C=O) groups excluding carboxylic acids is 1. The molecule has 0 saturated heterocycles. The van der Waals surface area contributed by atoms with Crippen LogP contribution in [0.4, 0.5) is 5.82 Å². The highest BCUT2D eigenvalue weighted by Crippen LogP contribution is 2.24. The Balaban J connectivity index is 1.50. The molecule has 4 aromatic rings. The molecule has 0 aliphatic rings. The number of benzene rings is 2. The number of amides is 1. The summed E-state index contributed by atoms with van der Waals surface area (Å²) in [5.41, 5.74) is 4.49. The van der Waals surface area contributed by atoms with Crippen LogP contribution in [0.25, 0.3) is 0 Å². The van der Waals surface area contributed by atoms with Crippen LogP contribution in [0, 0.1) is 6.92 Å². The molecule has 2 aromatic heterocycles. The van der Waals surface area contributed by atoms with E-state index in [1.807, 2.05) is 30.3 Å². The van der Waals surface area contributed by atoms with Crippen LogP contribution in [-0.4, -0.2) is 25.5 Å². The van der Waals surface area contributed by atoms with E-state index in [4.69, 9.17) is 11.6 Å². The van der Waals surface area contributed by atoms with E-state index in [-0.39, 0.29) is 11.3 Å². The number of aromatic nitrogens is 4. The van der Waals surface area contributed by atoms with Crippen molar-refractivity contribution in [2.75, 3.05) is 5.32 Å². The van der Waals surface area contributed by atoms with Crippen molar-refractivity contribution in [2.24, 2.45) is 0 Å². The maximum atomic E-state index is 13.1. The number of anilines is 1. The molecular weight excluding hydrogens is 434 g/mol. The van der Waals surface area contributed by atoms with Gasteiger partial charge in [-0.15, -0.1) is 0 Å². The predicted octanol–water partition coefficient (Wildman–Crippen LogP) is 5.69. The quantitative estimate of drug-likeness (QED) is 0.401. The second-order valence-corrected chi connectivity index (χ2v) is 9.53. The number of aryl methyl sites for hydroxylation is 1. The SMILES string of the molecule is Cc1nn(Cc2ccccc2)c(Cl)c1C(=O)Nc1ccnn1Cc1ccc(C(C)(C)C)cc1. The number of halogens is 1. The first kappa shape index (κ1) is 22.8. The van der Waals surface area contributed by atoms with Crippen molar-refractivity contribution in [1.29, 1.82) is 0 Å². The molecule has 0 atom stereocenters. The van der Waals surface area contributed by atoms with E-state index in [1.54, 1.807) is 28.6 Å². The number of nitrogens with one attached hydrogen (secondary N) is 1. The summed E-state index contributed by atoms with van der Waals surface area (Å²) < 4.78 is 3.41. The fraction of sp³-hybridized carbons (Fsp3) is 0.269. The third-order valence-corrected chi connectivity index (χ3v) is 5.96. The molecule has 4 rings (SSSR count). The minimum atomic E-state index is -0.304. The first-order valence-corrected chi connectivity index (χ1v) is 11.3. The zero-order valence-electron chi connectivity index (χ0n) is 19.3. The van der Waals surface area contributed by atoms with Gasteiger partial charge in [-0.2, -0.15) is 10.2 Å². The Morgan fingerprint density at radius 2 is 1.58 bits per heavy atom. The summed E-state index contributed by atoms with van der Waals surface area (Å²) in [6, 6.07) is 20.1. The zero-order chi connectivity index (χ0) is 23.6. The number of hydrogen-bond acceptors (Lipinski definition) is 3. The monoisotopic (exact) mass is 461 g/mol. The van der Waals surface area contributed by atoms with Gasteiger partial charge in [-0.1, -0.05) is 87.0 Å². The number of carbonyl (C=O) groups is 1. The van der Waals surface area contributed by atoms with Gasteiger partial charge in [0.25, 0.3) is 5.91 Å². The highest BCUT2D eigenvalue weighted by molar-refractivity contribution is 6.33. The fourth-order valence-electron chi connectivity index (χ4n) is 3.70. The van der Waals surface area contributed by atoms with Gasteiger partial charge in [0.05, 0.1) is 30.5 Å². The smallest absolute Gasteiger partial charge is 0.261 e. The highest BCUT2D eigenvalue weighted by Gasteiger charge is 2.22. The lowest BCUT2D eigenvalue weighted by molar-refractivity contribution is 0.102. The van der Waals surface area contributed by atoms with E-state index in [9.17, 15) is 4.79 Å². The number of rotatable bonds is 6. The van der Waals surface area contributed by atoms with Crippen LogP contribution in [0.1, 0.15) is 53.5 Å². The molecule has 0 aliphatic heterocycles. The van der Waals surface area contributed by atoms with Crippen LogP contribution in [0.2, 0.25) is 5.15 Å². The summed E-state index contributed by atoms with van der Waals surface area (Å²) in [6.45, 7) is 9.41. The summed E-state index contributed by atoms with van der Waals surface area (Å²) in [5, 5.41) is 12.1. The van der Waals surface area contributed by atoms with Crippen molar-refractivity contribution in [3.8, 4) is 0 Å². The normalized spacial score (nSPS) is 11.5. The van der Waals surface area contributed by atoms with Gasteiger partial charge >= 0.3 is 0 Å². The van der Waals surface area contributed by atoms with E-state index in [0.29, 0.717) is 35.3 Å². The molecule has 2 heterocycles. The molecular formula is C26H28ClN5O. The first-order chi connectivity index (χ1) is 15.7. The van der Waals surface area contributed by atoms with Gasteiger partial charge in [-0.3, -0.25) is 4.79 Å². The summed E-state index contributed by atoms with van der Waals surface area (Å²) in [7, 11) is 0. The molecule has 7 heteroatoms. The predicted molar refractivity (Wildman–Crippen MR) is 132 cm³/mol. The van der Waals surface area contributed by atoms with Crippen molar-refractivity contribution in [1.82, 2.24) is 19.6 Å². The third kappa shape index (κ3) is 5.17. The van der Waals surface area contributed by atoms with E-state index >= 15 is 0 Å². The molecule has 33 heavy (non-hydrogen) atoms. The molecule has 2 aromatic carbocycles. The Kier molecular flexibility index (Phi) is 6.38. The van der Waals surface area contributed by atoms with Crippen molar-refractivity contribution in [2.45, 2.75) is 46.2 Å². The van der Waals surface area contributed by atoms with Gasteiger partial charge in [0.2, 0.25) is 0 Å². The molecule has 6 nitrogen and oxygen atoms in total. The topological polar surface area (TPSA) is 64.7 Å². The van der Waals surface area contributed by atoms with E-state index in [2.05, 4.69) is 60.6 Å².